The second-order valence-corrected chi connectivity index (χ2v) is 4.69. The monoisotopic (exact) mass is 292 g/mol. The standard InChI is InChI=1S/C15H20N2O4/c1-3-4-8-13(14(16)19)17-15(20)11-6-5-7-12(9-11)21-10(2)18/h5-7,9,13H,3-4,8H2,1-2H3,(H2,16,19)(H,17,20)/t13-/m1/s1. The van der Waals surface area contributed by atoms with Crippen molar-refractivity contribution in [2.45, 2.75) is 39.2 Å². The summed E-state index contributed by atoms with van der Waals surface area (Å²) in [4.78, 5) is 34.3. The molecule has 0 aliphatic carbocycles. The van der Waals surface area contributed by atoms with E-state index in [4.69, 9.17) is 10.5 Å². The van der Waals surface area contributed by atoms with Gasteiger partial charge in [-0.3, -0.25) is 14.4 Å². The van der Waals surface area contributed by atoms with E-state index in [1.165, 1.54) is 13.0 Å². The first kappa shape index (κ1) is 16.7. The Kier molecular flexibility index (Phi) is 6.39. The van der Waals surface area contributed by atoms with Crippen LogP contribution in [-0.4, -0.2) is 23.8 Å². The Balaban J connectivity index is 2.77. The van der Waals surface area contributed by atoms with Gasteiger partial charge in [0.25, 0.3) is 5.91 Å². The van der Waals surface area contributed by atoms with Crippen molar-refractivity contribution in [3.8, 4) is 5.75 Å². The number of esters is 1. The highest BCUT2D eigenvalue weighted by molar-refractivity contribution is 5.97. The van der Waals surface area contributed by atoms with Gasteiger partial charge in [-0.25, -0.2) is 0 Å². The molecule has 2 amide bonds. The number of amides is 2. The van der Waals surface area contributed by atoms with Crippen LogP contribution in [0.4, 0.5) is 0 Å². The fourth-order valence-electron chi connectivity index (χ4n) is 1.80. The quantitative estimate of drug-likeness (QED) is 0.586. The third-order valence-corrected chi connectivity index (χ3v) is 2.85. The highest BCUT2D eigenvalue weighted by Crippen LogP contribution is 2.14. The van der Waals surface area contributed by atoms with Gasteiger partial charge in [-0.1, -0.05) is 25.8 Å². The van der Waals surface area contributed by atoms with Crippen molar-refractivity contribution in [1.82, 2.24) is 5.32 Å². The van der Waals surface area contributed by atoms with Crippen molar-refractivity contribution in [3.05, 3.63) is 29.8 Å². The number of hydrogen-bond acceptors (Lipinski definition) is 4. The average Bonchev–Trinajstić information content (AvgIpc) is 2.42. The summed E-state index contributed by atoms with van der Waals surface area (Å²) in [5, 5.41) is 2.59. The predicted molar refractivity (Wildman–Crippen MR) is 77.7 cm³/mol. The average molecular weight is 292 g/mol. The van der Waals surface area contributed by atoms with Crippen molar-refractivity contribution in [2.75, 3.05) is 0 Å². The van der Waals surface area contributed by atoms with E-state index in [0.717, 1.165) is 12.8 Å². The van der Waals surface area contributed by atoms with Gasteiger partial charge >= 0.3 is 5.97 Å². The van der Waals surface area contributed by atoms with E-state index in [9.17, 15) is 14.4 Å². The lowest BCUT2D eigenvalue weighted by Crippen LogP contribution is -2.44. The number of carbonyl (C=O) groups excluding carboxylic acids is 3. The SMILES string of the molecule is CCCC[C@@H](NC(=O)c1cccc(OC(C)=O)c1)C(N)=O. The summed E-state index contributed by atoms with van der Waals surface area (Å²) in [6.45, 7) is 3.27. The zero-order valence-electron chi connectivity index (χ0n) is 12.2. The molecule has 0 saturated heterocycles. The first-order valence-electron chi connectivity index (χ1n) is 6.82. The minimum atomic E-state index is -0.699. The molecule has 114 valence electrons. The van der Waals surface area contributed by atoms with Crippen molar-refractivity contribution in [2.24, 2.45) is 5.73 Å². The van der Waals surface area contributed by atoms with Crippen LogP contribution in [0.3, 0.4) is 0 Å². The number of nitrogens with one attached hydrogen (secondary N) is 1. The number of nitrogens with two attached hydrogens (primary N) is 1. The van der Waals surface area contributed by atoms with E-state index in [-0.39, 0.29) is 5.75 Å². The highest BCUT2D eigenvalue weighted by Gasteiger charge is 2.18. The molecule has 0 heterocycles. The number of ether oxygens (including phenoxy) is 1. The van der Waals surface area contributed by atoms with Crippen LogP contribution in [0.25, 0.3) is 0 Å². The Labute approximate surface area is 123 Å². The zero-order valence-corrected chi connectivity index (χ0v) is 12.2. The summed E-state index contributed by atoms with van der Waals surface area (Å²) < 4.78 is 4.91. The minimum Gasteiger partial charge on any atom is -0.427 e. The smallest absolute Gasteiger partial charge is 0.308 e. The Bertz CT molecular complexity index is 528. The number of hydrogen-bond donors (Lipinski definition) is 2. The van der Waals surface area contributed by atoms with E-state index in [1.54, 1.807) is 18.2 Å². The van der Waals surface area contributed by atoms with Crippen LogP contribution in [0.15, 0.2) is 24.3 Å². The van der Waals surface area contributed by atoms with Gasteiger partial charge in [0.05, 0.1) is 0 Å². The summed E-state index contributed by atoms with van der Waals surface area (Å²) in [7, 11) is 0. The molecule has 0 unspecified atom stereocenters. The van der Waals surface area contributed by atoms with Crippen molar-refractivity contribution in [1.29, 1.82) is 0 Å². The van der Waals surface area contributed by atoms with Crippen LogP contribution in [0.1, 0.15) is 43.5 Å². The fraction of sp³-hybridized carbons (Fsp3) is 0.400. The molecule has 1 aromatic carbocycles. The molecular weight excluding hydrogens is 272 g/mol. The van der Waals surface area contributed by atoms with Crippen LogP contribution in [0, 0.1) is 0 Å². The first-order valence-corrected chi connectivity index (χ1v) is 6.82. The maximum Gasteiger partial charge on any atom is 0.308 e. The van der Waals surface area contributed by atoms with Gasteiger partial charge in [0, 0.05) is 12.5 Å². The molecule has 1 atom stereocenters. The van der Waals surface area contributed by atoms with E-state index in [1.807, 2.05) is 6.92 Å². The van der Waals surface area contributed by atoms with Crippen LogP contribution in [0.5, 0.6) is 5.75 Å². The van der Waals surface area contributed by atoms with Crippen LogP contribution < -0.4 is 15.8 Å². The minimum absolute atomic E-state index is 0.277. The lowest BCUT2D eigenvalue weighted by Gasteiger charge is -2.15. The highest BCUT2D eigenvalue weighted by atomic mass is 16.5. The first-order chi connectivity index (χ1) is 9.93. The molecule has 0 aliphatic rings. The van der Waals surface area contributed by atoms with Crippen LogP contribution in [-0.2, 0) is 9.59 Å². The molecule has 0 spiro atoms. The third kappa shape index (κ3) is 5.64. The number of unbranched alkanes of at least 4 members (excludes halogenated alkanes) is 1. The van der Waals surface area contributed by atoms with Crippen LogP contribution in [0.2, 0.25) is 0 Å². The lowest BCUT2D eigenvalue weighted by molar-refractivity contribution is -0.131. The largest absolute Gasteiger partial charge is 0.427 e. The van der Waals surface area contributed by atoms with Gasteiger partial charge in [0.1, 0.15) is 11.8 Å². The number of benzene rings is 1. The Morgan fingerprint density at radius 1 is 1.33 bits per heavy atom. The molecule has 6 nitrogen and oxygen atoms in total. The van der Waals surface area contributed by atoms with Gasteiger partial charge in [0.15, 0.2) is 0 Å². The second kappa shape index (κ2) is 8.04. The summed E-state index contributed by atoms with van der Waals surface area (Å²) in [6.07, 6.45) is 2.20. The van der Waals surface area contributed by atoms with E-state index < -0.39 is 23.8 Å². The molecule has 0 saturated carbocycles. The zero-order chi connectivity index (χ0) is 15.8. The molecule has 21 heavy (non-hydrogen) atoms. The van der Waals surface area contributed by atoms with Crippen molar-refractivity contribution in [3.63, 3.8) is 0 Å². The molecule has 1 aromatic rings. The topological polar surface area (TPSA) is 98.5 Å². The maximum absolute atomic E-state index is 12.1. The predicted octanol–water partition coefficient (Wildman–Crippen LogP) is 1.39. The van der Waals surface area contributed by atoms with Gasteiger partial charge in [0.2, 0.25) is 5.91 Å². The lowest BCUT2D eigenvalue weighted by atomic mass is 10.1. The van der Waals surface area contributed by atoms with E-state index in [2.05, 4.69) is 5.32 Å². The molecular formula is C15H20N2O4. The second-order valence-electron chi connectivity index (χ2n) is 4.69. The Hall–Kier alpha value is -2.37. The Morgan fingerprint density at radius 3 is 2.62 bits per heavy atom. The molecule has 0 aromatic heterocycles. The third-order valence-electron chi connectivity index (χ3n) is 2.85. The normalized spacial score (nSPS) is 11.5. The molecule has 0 fully saturated rings. The van der Waals surface area contributed by atoms with Crippen LogP contribution >= 0.6 is 0 Å². The number of carbonyl (C=O) groups is 3. The summed E-state index contributed by atoms with van der Waals surface area (Å²) >= 11 is 0. The van der Waals surface area contributed by atoms with Gasteiger partial charge in [-0.05, 0) is 24.6 Å². The van der Waals surface area contributed by atoms with Gasteiger partial charge < -0.3 is 15.8 Å². The fourth-order valence-corrected chi connectivity index (χ4v) is 1.80. The number of rotatable bonds is 7. The van der Waals surface area contributed by atoms with E-state index >= 15 is 0 Å². The maximum atomic E-state index is 12.1. The molecule has 0 bridgehead atoms. The number of primary amides is 1. The molecule has 0 radical (unpaired) electrons. The summed E-state index contributed by atoms with van der Waals surface area (Å²) in [5.74, 6) is -1.18. The van der Waals surface area contributed by atoms with Crippen molar-refractivity contribution >= 4 is 17.8 Å². The van der Waals surface area contributed by atoms with Gasteiger partial charge in [-0.15, -0.1) is 0 Å². The van der Waals surface area contributed by atoms with Crippen molar-refractivity contribution < 1.29 is 19.1 Å². The molecule has 6 heteroatoms. The molecule has 3 N–H and O–H groups in total. The summed E-state index contributed by atoms with van der Waals surface area (Å²) in [6, 6.07) is 5.48. The molecule has 1 rings (SSSR count). The van der Waals surface area contributed by atoms with Gasteiger partial charge in [-0.2, -0.15) is 0 Å². The Morgan fingerprint density at radius 2 is 2.05 bits per heavy atom. The van der Waals surface area contributed by atoms with E-state index in [0.29, 0.717) is 12.0 Å². The summed E-state index contributed by atoms with van der Waals surface area (Å²) in [5.41, 5.74) is 5.58. The molecule has 0 aliphatic heterocycles.